The minimum Gasteiger partial charge on any atom is -0.347 e. The fraction of sp³-hybridized carbons (Fsp3) is 0.312. The van der Waals surface area contributed by atoms with Crippen LogP contribution in [0.15, 0.2) is 6.20 Å². The fourth-order valence-corrected chi connectivity index (χ4v) is 2.53. The van der Waals surface area contributed by atoms with E-state index in [0.29, 0.717) is 5.69 Å². The van der Waals surface area contributed by atoms with Gasteiger partial charge < -0.3 is 9.55 Å². The van der Waals surface area contributed by atoms with Crippen LogP contribution in [0.3, 0.4) is 0 Å². The molecule has 2 aromatic heterocycles. The van der Waals surface area contributed by atoms with E-state index in [1.165, 1.54) is 33.9 Å². The van der Waals surface area contributed by atoms with E-state index in [0.717, 1.165) is 0 Å². The van der Waals surface area contributed by atoms with E-state index in [4.69, 9.17) is 0 Å². The van der Waals surface area contributed by atoms with Crippen molar-refractivity contribution in [2.24, 2.45) is 7.05 Å². The first-order chi connectivity index (χ1) is 10.6. The van der Waals surface area contributed by atoms with Gasteiger partial charge in [-0.15, -0.1) is 0 Å². The number of nitrogens with zero attached hydrogens (tertiary/aromatic N) is 2. The molecule has 120 valence electrons. The number of hydrogen-bond acceptors (Lipinski definition) is 5. The molecule has 0 radical (unpaired) electrons. The average Bonchev–Trinajstić information content (AvgIpc) is 2.99. The van der Waals surface area contributed by atoms with Crippen LogP contribution in [-0.4, -0.2) is 37.7 Å². The van der Waals surface area contributed by atoms with Crippen molar-refractivity contribution in [2.45, 2.75) is 27.7 Å². The Morgan fingerprint density at radius 2 is 1.57 bits per heavy atom. The quantitative estimate of drug-likeness (QED) is 0.852. The first-order valence-corrected chi connectivity index (χ1v) is 6.98. The van der Waals surface area contributed by atoms with Crippen LogP contribution in [0.4, 0.5) is 0 Å². The van der Waals surface area contributed by atoms with Crippen LogP contribution >= 0.6 is 0 Å². The van der Waals surface area contributed by atoms with Crippen LogP contribution in [0.25, 0.3) is 11.5 Å². The predicted molar refractivity (Wildman–Crippen MR) is 83.0 cm³/mol. The molecule has 0 amide bonds. The van der Waals surface area contributed by atoms with Gasteiger partial charge in [-0.25, -0.2) is 4.98 Å². The summed E-state index contributed by atoms with van der Waals surface area (Å²) in [5, 5.41) is 0. The maximum absolute atomic E-state index is 12.0. The summed E-state index contributed by atoms with van der Waals surface area (Å²) >= 11 is 0. The highest BCUT2D eigenvalue weighted by Crippen LogP contribution is 2.28. The maximum atomic E-state index is 12.0. The highest BCUT2D eigenvalue weighted by atomic mass is 16.1. The molecule has 23 heavy (non-hydrogen) atoms. The van der Waals surface area contributed by atoms with Crippen molar-refractivity contribution in [1.82, 2.24) is 14.5 Å². The molecular formula is C16H17N3O4. The van der Waals surface area contributed by atoms with E-state index >= 15 is 0 Å². The van der Waals surface area contributed by atoms with E-state index in [-0.39, 0.29) is 51.5 Å². The van der Waals surface area contributed by atoms with Gasteiger partial charge in [0.2, 0.25) is 0 Å². The van der Waals surface area contributed by atoms with E-state index < -0.39 is 0 Å². The van der Waals surface area contributed by atoms with Gasteiger partial charge in [-0.05, 0) is 13.8 Å². The molecule has 0 aliphatic rings. The highest BCUT2D eigenvalue weighted by Gasteiger charge is 2.26. The number of aromatic amines is 1. The summed E-state index contributed by atoms with van der Waals surface area (Å²) < 4.78 is 1.58. The van der Waals surface area contributed by atoms with Crippen molar-refractivity contribution < 1.29 is 19.2 Å². The van der Waals surface area contributed by atoms with Crippen molar-refractivity contribution in [3.05, 3.63) is 28.7 Å². The number of aryl methyl sites for hydroxylation is 1. The molecule has 2 heterocycles. The van der Waals surface area contributed by atoms with Gasteiger partial charge in [0.05, 0.1) is 11.3 Å². The van der Waals surface area contributed by atoms with Crippen molar-refractivity contribution in [2.75, 3.05) is 0 Å². The summed E-state index contributed by atoms with van der Waals surface area (Å²) in [6.45, 7) is 5.35. The number of ketones is 4. The van der Waals surface area contributed by atoms with Gasteiger partial charge >= 0.3 is 0 Å². The molecule has 0 spiro atoms. The SMILES string of the molecule is CC(=O)c1cn(C)c(-c2nc(C(C)=O)c(C(C)=O)[nH]2)c1C(C)=O. The molecular weight excluding hydrogens is 298 g/mol. The van der Waals surface area contributed by atoms with Gasteiger partial charge in [0.25, 0.3) is 0 Å². The van der Waals surface area contributed by atoms with E-state index in [2.05, 4.69) is 9.97 Å². The lowest BCUT2D eigenvalue weighted by Crippen LogP contribution is -2.03. The third-order valence-corrected chi connectivity index (χ3v) is 3.53. The molecule has 0 saturated carbocycles. The van der Waals surface area contributed by atoms with Crippen LogP contribution in [0, 0.1) is 0 Å². The second-order valence-electron chi connectivity index (χ2n) is 5.41. The van der Waals surface area contributed by atoms with Crippen LogP contribution in [-0.2, 0) is 7.05 Å². The Kier molecular flexibility index (Phi) is 4.14. The molecule has 7 heteroatoms. The second kappa shape index (κ2) is 5.75. The molecule has 0 atom stereocenters. The lowest BCUT2D eigenvalue weighted by Gasteiger charge is -2.03. The number of carbonyl (C=O) groups excluding carboxylic acids is 4. The molecule has 0 aliphatic carbocycles. The van der Waals surface area contributed by atoms with Crippen LogP contribution in [0.1, 0.15) is 69.4 Å². The Labute approximate surface area is 132 Å². The summed E-state index contributed by atoms with van der Waals surface area (Å²) in [6, 6.07) is 0. The van der Waals surface area contributed by atoms with Gasteiger partial charge in [-0.1, -0.05) is 0 Å². The summed E-state index contributed by atoms with van der Waals surface area (Å²) in [5.74, 6) is -1.03. The second-order valence-corrected chi connectivity index (χ2v) is 5.41. The lowest BCUT2D eigenvalue weighted by atomic mass is 10.0. The summed E-state index contributed by atoms with van der Waals surface area (Å²) in [4.78, 5) is 54.1. The largest absolute Gasteiger partial charge is 0.347 e. The zero-order valence-electron chi connectivity index (χ0n) is 13.6. The van der Waals surface area contributed by atoms with Crippen molar-refractivity contribution >= 4 is 23.1 Å². The Balaban J connectivity index is 2.80. The number of aromatic nitrogens is 3. The maximum Gasteiger partial charge on any atom is 0.180 e. The highest BCUT2D eigenvalue weighted by molar-refractivity contribution is 6.11. The fourth-order valence-electron chi connectivity index (χ4n) is 2.53. The molecule has 7 nitrogen and oxygen atoms in total. The van der Waals surface area contributed by atoms with Crippen molar-refractivity contribution in [1.29, 1.82) is 0 Å². The van der Waals surface area contributed by atoms with Crippen molar-refractivity contribution in [3.8, 4) is 11.5 Å². The van der Waals surface area contributed by atoms with Crippen LogP contribution in [0.2, 0.25) is 0 Å². The first kappa shape index (κ1) is 16.5. The normalized spacial score (nSPS) is 10.7. The van der Waals surface area contributed by atoms with Crippen LogP contribution < -0.4 is 0 Å². The van der Waals surface area contributed by atoms with Gasteiger partial charge in [-0.2, -0.15) is 0 Å². The summed E-state index contributed by atoms with van der Waals surface area (Å²) in [7, 11) is 1.66. The Bertz CT molecular complexity index is 824. The number of imidazole rings is 1. The molecule has 0 unspecified atom stereocenters. The molecule has 1 N–H and O–H groups in total. The Hall–Kier alpha value is -2.83. The summed E-state index contributed by atoms with van der Waals surface area (Å²) in [5.41, 5.74) is 0.983. The number of Topliss-reactive ketones (excluding diaryl/α,β-unsaturated/α-hetero) is 4. The lowest BCUT2D eigenvalue weighted by molar-refractivity contribution is 0.0976. The summed E-state index contributed by atoms with van der Waals surface area (Å²) in [6.07, 6.45) is 1.54. The number of hydrogen-bond donors (Lipinski definition) is 1. The Morgan fingerprint density at radius 3 is 1.96 bits per heavy atom. The van der Waals surface area contributed by atoms with Gasteiger partial charge in [0, 0.05) is 32.7 Å². The van der Waals surface area contributed by atoms with Crippen LogP contribution in [0.5, 0.6) is 0 Å². The standard InChI is InChI=1S/C16H17N3O4/c1-7(20)11-6-19(5)15(12(11)8(2)21)16-17-13(9(3)22)14(18-16)10(4)23/h6H,1-5H3,(H,17,18). The van der Waals surface area contributed by atoms with E-state index in [1.807, 2.05) is 0 Å². The zero-order valence-corrected chi connectivity index (χ0v) is 13.6. The average molecular weight is 315 g/mol. The van der Waals surface area contributed by atoms with Gasteiger partial charge in [-0.3, -0.25) is 19.2 Å². The number of H-pyrrole nitrogens is 1. The van der Waals surface area contributed by atoms with E-state index in [1.54, 1.807) is 11.6 Å². The third kappa shape index (κ3) is 2.77. The monoisotopic (exact) mass is 315 g/mol. The molecule has 0 bridgehead atoms. The zero-order chi connectivity index (χ0) is 17.5. The molecule has 0 aromatic carbocycles. The molecule has 0 fully saturated rings. The molecule has 0 aliphatic heterocycles. The van der Waals surface area contributed by atoms with E-state index in [9.17, 15) is 19.2 Å². The minimum absolute atomic E-state index is 0.0209. The predicted octanol–water partition coefficient (Wildman–Crippen LogP) is 2.23. The smallest absolute Gasteiger partial charge is 0.180 e. The Morgan fingerprint density at radius 1 is 0.957 bits per heavy atom. The van der Waals surface area contributed by atoms with Gasteiger partial charge in [0.1, 0.15) is 11.4 Å². The molecule has 2 rings (SSSR count). The number of rotatable bonds is 5. The number of nitrogens with one attached hydrogen (secondary N) is 1. The molecule has 0 saturated heterocycles. The van der Waals surface area contributed by atoms with Gasteiger partial charge in [0.15, 0.2) is 29.0 Å². The number of carbonyl (C=O) groups is 4. The topological polar surface area (TPSA) is 102 Å². The van der Waals surface area contributed by atoms with Crippen molar-refractivity contribution in [3.63, 3.8) is 0 Å². The molecule has 2 aromatic rings. The first-order valence-electron chi connectivity index (χ1n) is 6.98. The minimum atomic E-state index is -0.358. The third-order valence-electron chi connectivity index (χ3n) is 3.53.